The molecule has 1 unspecified atom stereocenters. The van der Waals surface area contributed by atoms with E-state index >= 15 is 0 Å². The lowest BCUT2D eigenvalue weighted by atomic mass is 10.2. The molecule has 1 fully saturated rings. The predicted molar refractivity (Wildman–Crippen MR) is 101 cm³/mol. The van der Waals surface area contributed by atoms with Crippen LogP contribution in [0.1, 0.15) is 25.0 Å². The molecule has 6 nitrogen and oxygen atoms in total. The number of nitrogens with zero attached hydrogens (tertiary/aromatic N) is 2. The summed E-state index contributed by atoms with van der Waals surface area (Å²) in [6.07, 6.45) is 7.96. The molecule has 0 aliphatic carbocycles. The number of pyridine rings is 1. The Labute approximate surface area is 150 Å². The number of nitrogens with one attached hydrogen (secondary N) is 2. The van der Waals surface area contributed by atoms with Gasteiger partial charge in [0, 0.05) is 51.2 Å². The van der Waals surface area contributed by atoms with Gasteiger partial charge in [-0.2, -0.15) is 0 Å². The Morgan fingerprint density at radius 2 is 2.40 bits per heavy atom. The van der Waals surface area contributed by atoms with E-state index in [1.807, 2.05) is 30.5 Å². The first-order valence-corrected chi connectivity index (χ1v) is 9.11. The minimum absolute atomic E-state index is 0.293. The minimum atomic E-state index is 0.293. The normalized spacial score (nSPS) is 17.4. The average molecular weight is 346 g/mol. The van der Waals surface area contributed by atoms with Gasteiger partial charge >= 0.3 is 0 Å². The number of rotatable bonds is 11. The molecule has 0 spiro atoms. The summed E-state index contributed by atoms with van der Waals surface area (Å²) in [4.78, 5) is 8.90. The van der Waals surface area contributed by atoms with E-state index in [9.17, 15) is 0 Å². The first kappa shape index (κ1) is 19.4. The van der Waals surface area contributed by atoms with Crippen molar-refractivity contribution in [2.24, 2.45) is 4.99 Å². The molecule has 0 aromatic carbocycles. The van der Waals surface area contributed by atoms with Gasteiger partial charge in [-0.3, -0.25) is 9.98 Å². The molecule has 1 aromatic rings. The molecule has 0 amide bonds. The van der Waals surface area contributed by atoms with Gasteiger partial charge in [0.1, 0.15) is 0 Å². The second-order valence-corrected chi connectivity index (χ2v) is 5.96. The van der Waals surface area contributed by atoms with Crippen molar-refractivity contribution in [2.45, 2.75) is 31.8 Å². The number of guanidine groups is 1. The first-order valence-electron chi connectivity index (χ1n) is 9.11. The number of hydrogen-bond donors (Lipinski definition) is 2. The molecule has 138 valence electrons. The third-order valence-electron chi connectivity index (χ3n) is 3.86. The molecule has 0 radical (unpaired) electrons. The molecule has 2 rings (SSSR count). The zero-order valence-electron chi connectivity index (χ0n) is 15.0. The standard InChI is InChI=1S/C19H30N4O2/c1-2-10-21-19(23-13-9-17-7-3-4-11-20-17)22-12-6-14-24-16-18-8-5-15-25-18/h2-4,7,11,18H,1,5-6,8-10,12-16H2,(H2,21,22,23). The summed E-state index contributed by atoms with van der Waals surface area (Å²) in [5, 5.41) is 6.56. The summed E-state index contributed by atoms with van der Waals surface area (Å²) in [7, 11) is 0. The predicted octanol–water partition coefficient (Wildman–Crippen LogP) is 1.93. The third-order valence-corrected chi connectivity index (χ3v) is 3.86. The van der Waals surface area contributed by atoms with Crippen molar-refractivity contribution in [3.8, 4) is 0 Å². The van der Waals surface area contributed by atoms with Crippen molar-refractivity contribution in [1.82, 2.24) is 15.6 Å². The van der Waals surface area contributed by atoms with E-state index in [4.69, 9.17) is 9.47 Å². The molecule has 2 heterocycles. The summed E-state index contributed by atoms with van der Waals surface area (Å²) in [5.41, 5.74) is 1.07. The monoisotopic (exact) mass is 346 g/mol. The summed E-state index contributed by atoms with van der Waals surface area (Å²) in [5.74, 6) is 0.801. The Morgan fingerprint density at radius 1 is 1.44 bits per heavy atom. The van der Waals surface area contributed by atoms with E-state index < -0.39 is 0 Å². The molecule has 2 N–H and O–H groups in total. The van der Waals surface area contributed by atoms with E-state index in [1.54, 1.807) is 0 Å². The highest BCUT2D eigenvalue weighted by atomic mass is 16.5. The van der Waals surface area contributed by atoms with E-state index in [1.165, 1.54) is 0 Å². The first-order chi connectivity index (χ1) is 12.4. The smallest absolute Gasteiger partial charge is 0.191 e. The quantitative estimate of drug-likeness (QED) is 0.277. The molecule has 1 atom stereocenters. The maximum absolute atomic E-state index is 5.66. The van der Waals surface area contributed by atoms with Gasteiger partial charge in [-0.05, 0) is 31.4 Å². The fourth-order valence-electron chi connectivity index (χ4n) is 2.55. The second-order valence-electron chi connectivity index (χ2n) is 5.96. The van der Waals surface area contributed by atoms with Crippen LogP contribution in [0.25, 0.3) is 0 Å². The highest BCUT2D eigenvalue weighted by molar-refractivity contribution is 5.79. The van der Waals surface area contributed by atoms with Gasteiger partial charge in [-0.25, -0.2) is 0 Å². The SMILES string of the molecule is C=CCNC(=NCCCOCC1CCCO1)NCCc1ccccn1. The minimum Gasteiger partial charge on any atom is -0.379 e. The maximum Gasteiger partial charge on any atom is 0.191 e. The van der Waals surface area contributed by atoms with Crippen molar-refractivity contribution < 1.29 is 9.47 Å². The number of hydrogen-bond acceptors (Lipinski definition) is 4. The van der Waals surface area contributed by atoms with Crippen molar-refractivity contribution in [3.05, 3.63) is 42.7 Å². The van der Waals surface area contributed by atoms with Crippen molar-refractivity contribution in [2.75, 3.05) is 39.5 Å². The van der Waals surface area contributed by atoms with Crippen LogP contribution in [0.2, 0.25) is 0 Å². The zero-order valence-corrected chi connectivity index (χ0v) is 15.0. The largest absolute Gasteiger partial charge is 0.379 e. The molecule has 25 heavy (non-hydrogen) atoms. The topological polar surface area (TPSA) is 67.8 Å². The Bertz CT molecular complexity index is 501. The molecule has 1 aromatic heterocycles. The van der Waals surface area contributed by atoms with E-state index in [0.717, 1.165) is 57.0 Å². The van der Waals surface area contributed by atoms with Gasteiger partial charge in [-0.1, -0.05) is 12.1 Å². The molecule has 0 bridgehead atoms. The average Bonchev–Trinajstić information content (AvgIpc) is 3.16. The van der Waals surface area contributed by atoms with E-state index in [2.05, 4.69) is 27.2 Å². The van der Waals surface area contributed by atoms with Crippen LogP contribution < -0.4 is 10.6 Å². The van der Waals surface area contributed by atoms with Gasteiger partial charge < -0.3 is 20.1 Å². The lowest BCUT2D eigenvalue weighted by molar-refractivity contribution is 0.0171. The summed E-state index contributed by atoms with van der Waals surface area (Å²) < 4.78 is 11.2. The van der Waals surface area contributed by atoms with Crippen LogP contribution >= 0.6 is 0 Å². The van der Waals surface area contributed by atoms with Gasteiger partial charge in [0.15, 0.2) is 5.96 Å². The Kier molecular flexibility index (Phi) is 9.66. The Balaban J connectivity index is 1.61. The van der Waals surface area contributed by atoms with Crippen LogP contribution in [0.4, 0.5) is 0 Å². The van der Waals surface area contributed by atoms with Gasteiger partial charge in [-0.15, -0.1) is 6.58 Å². The lowest BCUT2D eigenvalue weighted by Crippen LogP contribution is -2.38. The number of aliphatic imine (C=N–C) groups is 1. The molecule has 1 saturated heterocycles. The lowest BCUT2D eigenvalue weighted by Gasteiger charge is -2.12. The van der Waals surface area contributed by atoms with Crippen LogP contribution in [0.3, 0.4) is 0 Å². The van der Waals surface area contributed by atoms with Gasteiger partial charge in [0.25, 0.3) is 0 Å². The van der Waals surface area contributed by atoms with Crippen LogP contribution in [0.5, 0.6) is 0 Å². The molecule has 6 heteroatoms. The molecular weight excluding hydrogens is 316 g/mol. The van der Waals surface area contributed by atoms with Crippen molar-refractivity contribution >= 4 is 5.96 Å². The summed E-state index contributed by atoms with van der Waals surface area (Å²) in [6, 6.07) is 5.96. The van der Waals surface area contributed by atoms with Crippen LogP contribution in [0, 0.1) is 0 Å². The third kappa shape index (κ3) is 8.65. The Morgan fingerprint density at radius 3 is 3.16 bits per heavy atom. The van der Waals surface area contributed by atoms with E-state index in [0.29, 0.717) is 25.9 Å². The summed E-state index contributed by atoms with van der Waals surface area (Å²) >= 11 is 0. The number of aromatic nitrogens is 1. The highest BCUT2D eigenvalue weighted by Crippen LogP contribution is 2.11. The fraction of sp³-hybridized carbons (Fsp3) is 0.579. The molecule has 0 saturated carbocycles. The zero-order chi connectivity index (χ0) is 17.6. The highest BCUT2D eigenvalue weighted by Gasteiger charge is 2.14. The molecular formula is C19H30N4O2. The fourth-order valence-corrected chi connectivity index (χ4v) is 2.55. The van der Waals surface area contributed by atoms with Gasteiger partial charge in [0.05, 0.1) is 12.7 Å². The second kappa shape index (κ2) is 12.4. The van der Waals surface area contributed by atoms with Crippen LogP contribution in [0.15, 0.2) is 42.0 Å². The van der Waals surface area contributed by atoms with Crippen molar-refractivity contribution in [3.63, 3.8) is 0 Å². The molecule has 1 aliphatic heterocycles. The van der Waals surface area contributed by atoms with Crippen molar-refractivity contribution in [1.29, 1.82) is 0 Å². The maximum atomic E-state index is 5.66. The van der Waals surface area contributed by atoms with Crippen LogP contribution in [-0.2, 0) is 15.9 Å². The molecule has 1 aliphatic rings. The van der Waals surface area contributed by atoms with Gasteiger partial charge in [0.2, 0.25) is 0 Å². The van der Waals surface area contributed by atoms with E-state index in [-0.39, 0.29) is 0 Å². The summed E-state index contributed by atoms with van der Waals surface area (Å²) in [6.45, 7) is 8.22. The Hall–Kier alpha value is -1.92. The number of ether oxygens (including phenoxy) is 2. The van der Waals surface area contributed by atoms with Crippen LogP contribution in [-0.4, -0.2) is 56.5 Å².